The van der Waals surface area contributed by atoms with Crippen LogP contribution in [0.2, 0.25) is 0 Å². The molecule has 0 spiro atoms. The first-order valence-electron chi connectivity index (χ1n) is 16.1. The molecule has 0 unspecified atom stereocenters. The van der Waals surface area contributed by atoms with Gasteiger partial charge in [0, 0.05) is 94.7 Å². The molecule has 2 aromatic heterocycles. The number of benzene rings is 2. The summed E-state index contributed by atoms with van der Waals surface area (Å²) in [7, 11) is 0. The van der Waals surface area contributed by atoms with Crippen LogP contribution in [0.5, 0.6) is 0 Å². The van der Waals surface area contributed by atoms with Crippen LogP contribution in [-0.4, -0.2) is 94.0 Å². The second kappa shape index (κ2) is 13.1. The van der Waals surface area contributed by atoms with Crippen molar-refractivity contribution in [2.75, 3.05) is 62.2 Å². The quantitative estimate of drug-likeness (QED) is 0.202. The highest BCUT2D eigenvalue weighted by Crippen LogP contribution is 2.28. The van der Waals surface area contributed by atoms with Gasteiger partial charge in [-0.05, 0) is 38.1 Å². The third-order valence-corrected chi connectivity index (χ3v) is 9.45. The van der Waals surface area contributed by atoms with E-state index in [1.165, 1.54) is 18.3 Å². The number of carboxylic acids is 1. The van der Waals surface area contributed by atoms with E-state index in [1.54, 1.807) is 22.9 Å². The van der Waals surface area contributed by atoms with Gasteiger partial charge in [-0.1, -0.05) is 0 Å². The Labute approximate surface area is 275 Å². The van der Waals surface area contributed by atoms with E-state index in [-0.39, 0.29) is 17.2 Å². The van der Waals surface area contributed by atoms with E-state index >= 15 is 8.78 Å². The summed E-state index contributed by atoms with van der Waals surface area (Å²) < 4.78 is 34.0. The Morgan fingerprint density at radius 2 is 1.23 bits per heavy atom. The van der Waals surface area contributed by atoms with Gasteiger partial charge in [0.1, 0.15) is 28.9 Å². The third kappa shape index (κ3) is 5.98. The van der Waals surface area contributed by atoms with Crippen molar-refractivity contribution in [2.24, 2.45) is 0 Å². The number of carbonyl (C=O) groups is 1. The molecule has 3 N–H and O–H groups in total. The number of halogens is 2. The van der Waals surface area contributed by atoms with Gasteiger partial charge in [0.15, 0.2) is 5.43 Å². The topological polar surface area (TPSA) is 142 Å². The first-order valence-corrected chi connectivity index (χ1v) is 16.1. The average Bonchev–Trinajstić information content (AvgIpc) is 3.08. The van der Waals surface area contributed by atoms with E-state index in [0.29, 0.717) is 105 Å². The number of piperazine rings is 2. The number of rotatable bonds is 7. The van der Waals surface area contributed by atoms with Gasteiger partial charge in [0.25, 0.3) is 0 Å². The summed E-state index contributed by atoms with van der Waals surface area (Å²) in [5.41, 5.74) is 0.534. The predicted octanol–water partition coefficient (Wildman–Crippen LogP) is 3.62. The summed E-state index contributed by atoms with van der Waals surface area (Å²) in [5.74, 6) is -1.82. The van der Waals surface area contributed by atoms with Crippen LogP contribution in [0.4, 0.5) is 20.2 Å². The number of aryl methyl sites for hydroxylation is 2. The van der Waals surface area contributed by atoms with Crippen LogP contribution in [0.25, 0.3) is 21.8 Å². The van der Waals surface area contributed by atoms with Gasteiger partial charge < -0.3 is 33.8 Å². The smallest absolute Gasteiger partial charge is 0.341 e. The molecule has 48 heavy (non-hydrogen) atoms. The number of pyridine rings is 2. The number of hydrogen-bond donors (Lipinski definition) is 3. The van der Waals surface area contributed by atoms with Gasteiger partial charge in [-0.25, -0.2) is 13.6 Å². The Bertz CT molecular complexity index is 2060. The molecule has 0 saturated carbocycles. The van der Waals surface area contributed by atoms with Crippen molar-refractivity contribution in [2.45, 2.75) is 33.4 Å². The number of hydrogen-bond acceptors (Lipinski definition) is 7. The van der Waals surface area contributed by atoms with E-state index in [0.717, 1.165) is 6.07 Å². The number of anilines is 2. The minimum atomic E-state index is -1.36. The summed E-state index contributed by atoms with van der Waals surface area (Å²) in [6, 6.07) is 7.19. The molecule has 4 aromatic rings. The van der Waals surface area contributed by atoms with E-state index in [2.05, 4.69) is 0 Å². The number of aromatic carboxylic acids is 1. The van der Waals surface area contributed by atoms with Gasteiger partial charge in [0.05, 0.1) is 28.8 Å². The minimum Gasteiger partial charge on any atom is -0.477 e. The van der Waals surface area contributed by atoms with Crippen LogP contribution in [0.15, 0.2) is 52.3 Å². The van der Waals surface area contributed by atoms with Gasteiger partial charge in [-0.3, -0.25) is 20.4 Å². The van der Waals surface area contributed by atoms with Gasteiger partial charge in [0.2, 0.25) is 5.43 Å². The van der Waals surface area contributed by atoms with Crippen molar-refractivity contribution in [3.8, 4) is 0 Å². The number of carboxylic acid groups (broad SMARTS) is 1. The van der Waals surface area contributed by atoms with Crippen LogP contribution >= 0.6 is 0 Å². The monoisotopic (exact) mass is 660 g/mol. The maximum absolute atomic E-state index is 15.3. The summed E-state index contributed by atoms with van der Waals surface area (Å²) in [4.78, 5) is 44.1. The summed E-state index contributed by atoms with van der Waals surface area (Å²) in [6.45, 7) is 8.51. The van der Waals surface area contributed by atoms with Crippen LogP contribution < -0.4 is 20.7 Å². The average molecular weight is 661 g/mol. The molecule has 6 rings (SSSR count). The van der Waals surface area contributed by atoms with Crippen molar-refractivity contribution in [1.82, 2.24) is 18.9 Å². The van der Waals surface area contributed by atoms with Gasteiger partial charge in [-0.15, -0.1) is 0 Å². The number of nitrogens with one attached hydrogen (secondary N) is 2. The highest BCUT2D eigenvalue weighted by Gasteiger charge is 2.27. The lowest BCUT2D eigenvalue weighted by Gasteiger charge is -2.39. The molecule has 0 aliphatic carbocycles. The zero-order chi connectivity index (χ0) is 34.3. The Morgan fingerprint density at radius 3 is 1.71 bits per heavy atom. The highest BCUT2D eigenvalue weighted by molar-refractivity contribution is 6.00. The Morgan fingerprint density at radius 1 is 0.750 bits per heavy atom. The van der Waals surface area contributed by atoms with E-state index in [1.807, 2.05) is 38.0 Å². The number of nitrogens with zero attached hydrogens (tertiary/aromatic N) is 6. The second-order valence-electron chi connectivity index (χ2n) is 12.1. The fourth-order valence-electron chi connectivity index (χ4n) is 6.70. The SMILES string of the molecule is CCn1ccc(=O)c2cc(F)c(N3CCN(C(=N)CC(=N)N4CCN(c5cc6c(cc5F)c(=O)c(C(=O)O)cn6CC)CC4)CC3)cc21. The van der Waals surface area contributed by atoms with Crippen molar-refractivity contribution < 1.29 is 18.7 Å². The van der Waals surface area contributed by atoms with Crippen LogP contribution in [0.1, 0.15) is 30.6 Å². The number of amidine groups is 2. The Kier molecular flexibility index (Phi) is 8.91. The molecule has 0 amide bonds. The second-order valence-corrected chi connectivity index (χ2v) is 12.1. The molecule has 2 aromatic carbocycles. The van der Waals surface area contributed by atoms with Gasteiger partial charge >= 0.3 is 5.97 Å². The minimum absolute atomic E-state index is 0.0163. The van der Waals surface area contributed by atoms with Crippen molar-refractivity contribution in [3.63, 3.8) is 0 Å². The summed E-state index contributed by atoms with van der Waals surface area (Å²) in [6.07, 6.45) is 3.13. The fraction of sp³-hybridized carbons (Fsp3) is 0.382. The molecular weight excluding hydrogens is 622 g/mol. The zero-order valence-corrected chi connectivity index (χ0v) is 26.9. The Hall–Kier alpha value is -5.27. The zero-order valence-electron chi connectivity index (χ0n) is 26.9. The molecule has 2 aliphatic rings. The molecule has 2 saturated heterocycles. The van der Waals surface area contributed by atoms with Crippen LogP contribution in [-0.2, 0) is 13.1 Å². The normalized spacial score (nSPS) is 15.4. The molecule has 14 heteroatoms. The standard InChI is InChI=1S/C34H38F2N8O4/c1-3-39-6-5-30(45)21-15-24(35)28(17-26(21)39)41-7-11-43(12-8-41)31(37)19-32(38)44-13-9-42(10-14-44)29-18-27-22(16-25(29)36)33(46)23(34(47)48)20-40(27)4-2/h5-6,15-18,20,37-38H,3-4,7-14,19H2,1-2H3,(H,47,48). The number of aromatic nitrogens is 2. The van der Waals surface area contributed by atoms with E-state index in [9.17, 15) is 19.5 Å². The third-order valence-electron chi connectivity index (χ3n) is 9.45. The van der Waals surface area contributed by atoms with Crippen LogP contribution in [0, 0.1) is 22.5 Å². The first kappa shape index (κ1) is 32.7. The fourth-order valence-corrected chi connectivity index (χ4v) is 6.70. The summed E-state index contributed by atoms with van der Waals surface area (Å²) in [5, 5.41) is 27.2. The maximum Gasteiger partial charge on any atom is 0.341 e. The molecule has 0 bridgehead atoms. The molecular formula is C34H38F2N8O4. The molecule has 4 heterocycles. The lowest BCUT2D eigenvalue weighted by Crippen LogP contribution is -2.52. The number of fused-ring (bicyclic) bond motifs is 2. The molecule has 12 nitrogen and oxygen atoms in total. The molecule has 0 atom stereocenters. The predicted molar refractivity (Wildman–Crippen MR) is 182 cm³/mol. The molecule has 0 radical (unpaired) electrons. The Balaban J connectivity index is 1.06. The first-order chi connectivity index (χ1) is 23.0. The molecule has 252 valence electrons. The lowest BCUT2D eigenvalue weighted by molar-refractivity contribution is 0.0694. The van der Waals surface area contributed by atoms with Crippen molar-refractivity contribution in [1.29, 1.82) is 10.8 Å². The molecule has 2 fully saturated rings. The maximum atomic E-state index is 15.3. The van der Waals surface area contributed by atoms with E-state index < -0.39 is 28.6 Å². The van der Waals surface area contributed by atoms with Crippen molar-refractivity contribution in [3.05, 3.63) is 80.4 Å². The summed E-state index contributed by atoms with van der Waals surface area (Å²) >= 11 is 0. The van der Waals surface area contributed by atoms with E-state index in [4.69, 9.17) is 10.8 Å². The highest BCUT2D eigenvalue weighted by atomic mass is 19.1. The van der Waals surface area contributed by atoms with Crippen LogP contribution in [0.3, 0.4) is 0 Å². The molecule has 2 aliphatic heterocycles. The van der Waals surface area contributed by atoms with Crippen molar-refractivity contribution >= 4 is 50.8 Å². The lowest BCUT2D eigenvalue weighted by atomic mass is 10.1. The van der Waals surface area contributed by atoms with Gasteiger partial charge in [-0.2, -0.15) is 0 Å². The largest absolute Gasteiger partial charge is 0.477 e.